The maximum Gasteiger partial charge on any atom is 0.348 e. The third-order valence-corrected chi connectivity index (χ3v) is 4.30. The van der Waals surface area contributed by atoms with Crippen LogP contribution in [-0.2, 0) is 19.1 Å². The summed E-state index contributed by atoms with van der Waals surface area (Å²) in [4.78, 5) is 49.8. The van der Waals surface area contributed by atoms with E-state index >= 15 is 0 Å². The molecule has 2 heterocycles. The Morgan fingerprint density at radius 3 is 2.21 bits per heavy atom. The second-order valence-electron chi connectivity index (χ2n) is 6.62. The first-order chi connectivity index (χ1) is 11.2. The van der Waals surface area contributed by atoms with Crippen LogP contribution in [0.1, 0.15) is 41.5 Å². The van der Waals surface area contributed by atoms with Crippen molar-refractivity contribution in [2.24, 2.45) is 5.41 Å². The van der Waals surface area contributed by atoms with Crippen LogP contribution in [-0.4, -0.2) is 47.4 Å². The number of imide groups is 1. The van der Waals surface area contributed by atoms with Gasteiger partial charge in [0.05, 0.1) is 11.1 Å². The number of carbonyl (C=O) groups excluding carboxylic acids is 4. The molecular weight excluding hydrogens is 314 g/mol. The van der Waals surface area contributed by atoms with Crippen LogP contribution in [0.5, 0.6) is 0 Å². The average Bonchev–Trinajstić information content (AvgIpc) is 2.95. The summed E-state index contributed by atoms with van der Waals surface area (Å²) < 4.78 is 10.2. The van der Waals surface area contributed by atoms with Gasteiger partial charge >= 0.3 is 11.9 Å². The average molecular weight is 331 g/mol. The van der Waals surface area contributed by atoms with E-state index in [-0.39, 0.29) is 17.7 Å². The van der Waals surface area contributed by atoms with E-state index in [2.05, 4.69) is 0 Å². The quantitative estimate of drug-likeness (QED) is 0.610. The van der Waals surface area contributed by atoms with Gasteiger partial charge < -0.3 is 9.47 Å². The van der Waals surface area contributed by atoms with Gasteiger partial charge in [-0.25, -0.2) is 9.59 Å². The van der Waals surface area contributed by atoms with Crippen LogP contribution < -0.4 is 0 Å². The monoisotopic (exact) mass is 331 g/mol. The molecule has 7 heteroatoms. The SMILES string of the molecule is C[C@@H](C(=O)O[C@H]1C(=O)OCC1(C)C)N1C(=O)c2ccccc2C1=O. The lowest BCUT2D eigenvalue weighted by Gasteiger charge is -2.26. The molecule has 0 unspecified atom stereocenters. The van der Waals surface area contributed by atoms with Gasteiger partial charge in [0.1, 0.15) is 12.6 Å². The third kappa shape index (κ3) is 2.36. The van der Waals surface area contributed by atoms with Gasteiger partial charge in [0.25, 0.3) is 11.8 Å². The van der Waals surface area contributed by atoms with Crippen LogP contribution in [0.2, 0.25) is 0 Å². The number of amides is 2. The van der Waals surface area contributed by atoms with Crippen LogP contribution in [0.25, 0.3) is 0 Å². The Morgan fingerprint density at radius 2 is 1.75 bits per heavy atom. The molecule has 1 aromatic rings. The van der Waals surface area contributed by atoms with E-state index in [1.807, 2.05) is 0 Å². The molecular formula is C17H17NO6. The highest BCUT2D eigenvalue weighted by Crippen LogP contribution is 2.32. The van der Waals surface area contributed by atoms with Gasteiger partial charge in [-0.05, 0) is 19.1 Å². The Hall–Kier alpha value is -2.70. The topological polar surface area (TPSA) is 90.0 Å². The predicted molar refractivity (Wildman–Crippen MR) is 81.0 cm³/mol. The van der Waals surface area contributed by atoms with E-state index in [1.54, 1.807) is 26.0 Å². The molecule has 0 aliphatic carbocycles. The number of carbonyl (C=O) groups is 4. The number of esters is 2. The lowest BCUT2D eigenvalue weighted by Crippen LogP contribution is -2.46. The molecule has 2 aliphatic heterocycles. The smallest absolute Gasteiger partial charge is 0.348 e. The normalized spacial score (nSPS) is 23.0. The molecule has 2 aliphatic rings. The van der Waals surface area contributed by atoms with Crippen molar-refractivity contribution in [1.29, 1.82) is 0 Å². The number of fused-ring (bicyclic) bond motifs is 1. The van der Waals surface area contributed by atoms with E-state index < -0.39 is 41.3 Å². The number of ether oxygens (including phenoxy) is 2. The minimum Gasteiger partial charge on any atom is -0.462 e. The fourth-order valence-corrected chi connectivity index (χ4v) is 2.81. The number of cyclic esters (lactones) is 1. The summed E-state index contributed by atoms with van der Waals surface area (Å²) in [5.74, 6) is -2.54. The highest BCUT2D eigenvalue weighted by atomic mass is 16.6. The second kappa shape index (κ2) is 5.43. The standard InChI is InChI=1S/C17H17NO6/c1-9(15(21)24-12-16(22)23-8-17(12,2)3)18-13(19)10-6-4-5-7-11(10)14(18)20/h4-7,9,12H,8H2,1-3H3/t9-,12-/m0/s1. The van der Waals surface area contributed by atoms with Crippen molar-refractivity contribution in [2.45, 2.75) is 32.9 Å². The van der Waals surface area contributed by atoms with Gasteiger partial charge in [-0.15, -0.1) is 0 Å². The maximum absolute atomic E-state index is 12.4. The number of hydrogen-bond acceptors (Lipinski definition) is 6. The van der Waals surface area contributed by atoms with Crippen molar-refractivity contribution >= 4 is 23.8 Å². The van der Waals surface area contributed by atoms with Gasteiger partial charge in [-0.2, -0.15) is 0 Å². The fourth-order valence-electron chi connectivity index (χ4n) is 2.81. The molecule has 1 saturated heterocycles. The number of hydrogen-bond donors (Lipinski definition) is 0. The molecule has 2 amide bonds. The van der Waals surface area contributed by atoms with Crippen molar-refractivity contribution in [2.75, 3.05) is 6.61 Å². The van der Waals surface area contributed by atoms with Crippen LogP contribution in [0.15, 0.2) is 24.3 Å². The van der Waals surface area contributed by atoms with Gasteiger partial charge in [0.2, 0.25) is 6.10 Å². The molecule has 3 rings (SSSR count). The van der Waals surface area contributed by atoms with Crippen LogP contribution in [0.3, 0.4) is 0 Å². The van der Waals surface area contributed by atoms with Crippen molar-refractivity contribution in [3.05, 3.63) is 35.4 Å². The Labute approximate surface area is 138 Å². The Balaban J connectivity index is 1.79. The van der Waals surface area contributed by atoms with E-state index in [4.69, 9.17) is 9.47 Å². The van der Waals surface area contributed by atoms with Crippen molar-refractivity contribution in [1.82, 2.24) is 4.90 Å². The van der Waals surface area contributed by atoms with Gasteiger partial charge in [0, 0.05) is 5.41 Å². The molecule has 24 heavy (non-hydrogen) atoms. The number of rotatable bonds is 3. The summed E-state index contributed by atoms with van der Waals surface area (Å²) in [6.07, 6.45) is -1.05. The summed E-state index contributed by atoms with van der Waals surface area (Å²) in [7, 11) is 0. The Bertz CT molecular complexity index is 718. The zero-order valence-electron chi connectivity index (χ0n) is 13.6. The van der Waals surface area contributed by atoms with Crippen LogP contribution in [0.4, 0.5) is 0 Å². The summed E-state index contributed by atoms with van der Waals surface area (Å²) in [5.41, 5.74) is -0.153. The van der Waals surface area contributed by atoms with Gasteiger partial charge in [0.15, 0.2) is 0 Å². The molecule has 0 radical (unpaired) electrons. The number of benzene rings is 1. The van der Waals surface area contributed by atoms with E-state index in [9.17, 15) is 19.2 Å². The van der Waals surface area contributed by atoms with Crippen molar-refractivity contribution in [3.8, 4) is 0 Å². The molecule has 1 fully saturated rings. The van der Waals surface area contributed by atoms with E-state index in [0.29, 0.717) is 0 Å². The highest BCUT2D eigenvalue weighted by Gasteiger charge is 2.48. The molecule has 0 saturated carbocycles. The highest BCUT2D eigenvalue weighted by molar-refractivity contribution is 6.22. The Kier molecular flexibility index (Phi) is 3.66. The minimum absolute atomic E-state index is 0.144. The summed E-state index contributed by atoms with van der Waals surface area (Å²) in [6, 6.07) is 5.22. The minimum atomic E-state index is -1.14. The van der Waals surface area contributed by atoms with Crippen molar-refractivity contribution < 1.29 is 28.7 Å². The Morgan fingerprint density at radius 1 is 1.21 bits per heavy atom. The third-order valence-electron chi connectivity index (χ3n) is 4.30. The van der Waals surface area contributed by atoms with Crippen LogP contribution in [0, 0.1) is 5.41 Å². The zero-order valence-corrected chi connectivity index (χ0v) is 13.6. The van der Waals surface area contributed by atoms with Gasteiger partial charge in [-0.1, -0.05) is 26.0 Å². The largest absolute Gasteiger partial charge is 0.462 e. The first-order valence-corrected chi connectivity index (χ1v) is 7.58. The maximum atomic E-state index is 12.4. The molecule has 0 spiro atoms. The van der Waals surface area contributed by atoms with Crippen molar-refractivity contribution in [3.63, 3.8) is 0 Å². The first-order valence-electron chi connectivity index (χ1n) is 7.58. The van der Waals surface area contributed by atoms with E-state index in [1.165, 1.54) is 19.1 Å². The fraction of sp³-hybridized carbons (Fsp3) is 0.412. The predicted octanol–water partition coefficient (Wildman–Crippen LogP) is 1.17. The summed E-state index contributed by atoms with van der Waals surface area (Å²) >= 11 is 0. The lowest BCUT2D eigenvalue weighted by atomic mass is 9.90. The summed E-state index contributed by atoms with van der Waals surface area (Å²) in [5, 5.41) is 0. The van der Waals surface area contributed by atoms with Gasteiger partial charge in [-0.3, -0.25) is 14.5 Å². The molecule has 7 nitrogen and oxygen atoms in total. The molecule has 0 N–H and O–H groups in total. The number of nitrogens with zero attached hydrogens (tertiary/aromatic N) is 1. The zero-order chi connectivity index (χ0) is 17.6. The molecule has 0 bridgehead atoms. The molecule has 1 aromatic carbocycles. The molecule has 126 valence electrons. The second-order valence-corrected chi connectivity index (χ2v) is 6.62. The van der Waals surface area contributed by atoms with Crippen LogP contribution >= 0.6 is 0 Å². The molecule has 0 aromatic heterocycles. The first kappa shape index (κ1) is 16.2. The summed E-state index contributed by atoms with van der Waals surface area (Å²) in [6.45, 7) is 5.02. The lowest BCUT2D eigenvalue weighted by molar-refractivity contribution is -0.165. The van der Waals surface area contributed by atoms with E-state index in [0.717, 1.165) is 4.90 Å². The molecule has 2 atom stereocenters.